The molecule has 0 aliphatic rings. The number of hydrogen-bond donors (Lipinski definition) is 1. The Morgan fingerprint density at radius 2 is 1.92 bits per heavy atom. The van der Waals surface area contributed by atoms with Gasteiger partial charge in [-0.05, 0) is 36.1 Å². The Kier molecular flexibility index (Phi) is 6.37. The zero-order chi connectivity index (χ0) is 17.7. The number of carbonyl (C=O) groups excluding carboxylic acids is 1. The average molecular weight is 350 g/mol. The quantitative estimate of drug-likeness (QED) is 0.790. The number of nitrogens with one attached hydrogen (secondary N) is 1. The third kappa shape index (κ3) is 4.81. The SMILES string of the molecule is CC[C@H](C)[C@@H](NC(=O)CC(C)C)c1nc(-c2ccc(Cl)cc2)no1. The van der Waals surface area contributed by atoms with Crippen LogP contribution in [0.3, 0.4) is 0 Å². The molecule has 5 nitrogen and oxygen atoms in total. The Bertz CT molecular complexity index is 667. The van der Waals surface area contributed by atoms with E-state index in [9.17, 15) is 4.79 Å². The third-order valence-corrected chi connectivity index (χ3v) is 4.19. The van der Waals surface area contributed by atoms with Gasteiger partial charge in [0, 0.05) is 17.0 Å². The van der Waals surface area contributed by atoms with Crippen molar-refractivity contribution in [1.29, 1.82) is 0 Å². The third-order valence-electron chi connectivity index (χ3n) is 3.93. The Morgan fingerprint density at radius 3 is 2.50 bits per heavy atom. The highest BCUT2D eigenvalue weighted by molar-refractivity contribution is 6.30. The largest absolute Gasteiger partial charge is 0.344 e. The van der Waals surface area contributed by atoms with Crippen molar-refractivity contribution in [2.45, 2.75) is 46.6 Å². The smallest absolute Gasteiger partial charge is 0.249 e. The zero-order valence-corrected chi connectivity index (χ0v) is 15.3. The van der Waals surface area contributed by atoms with E-state index in [0.29, 0.717) is 29.1 Å². The van der Waals surface area contributed by atoms with Crippen LogP contribution in [0.2, 0.25) is 5.02 Å². The normalized spacial score (nSPS) is 13.8. The van der Waals surface area contributed by atoms with E-state index in [1.54, 1.807) is 12.1 Å². The maximum atomic E-state index is 12.2. The number of nitrogens with zero attached hydrogens (tertiary/aromatic N) is 2. The molecule has 0 radical (unpaired) electrons. The molecule has 130 valence electrons. The molecule has 0 saturated heterocycles. The highest BCUT2D eigenvalue weighted by atomic mass is 35.5. The van der Waals surface area contributed by atoms with Crippen LogP contribution in [0.25, 0.3) is 11.4 Å². The maximum absolute atomic E-state index is 12.2. The topological polar surface area (TPSA) is 68.0 Å². The Labute approximate surface area is 147 Å². The van der Waals surface area contributed by atoms with Crippen molar-refractivity contribution in [2.24, 2.45) is 11.8 Å². The van der Waals surface area contributed by atoms with Gasteiger partial charge in [-0.25, -0.2) is 0 Å². The molecule has 1 aromatic heterocycles. The molecule has 0 aliphatic carbocycles. The molecule has 1 heterocycles. The van der Waals surface area contributed by atoms with Crippen LogP contribution in [0.1, 0.15) is 52.5 Å². The van der Waals surface area contributed by atoms with Crippen LogP contribution in [-0.2, 0) is 4.79 Å². The zero-order valence-electron chi connectivity index (χ0n) is 14.5. The summed E-state index contributed by atoms with van der Waals surface area (Å²) in [6.45, 7) is 8.17. The van der Waals surface area contributed by atoms with Crippen LogP contribution in [-0.4, -0.2) is 16.0 Å². The van der Waals surface area contributed by atoms with Crippen LogP contribution in [0.5, 0.6) is 0 Å². The molecular weight excluding hydrogens is 326 g/mol. The number of amides is 1. The lowest BCUT2D eigenvalue weighted by Crippen LogP contribution is -2.33. The van der Waals surface area contributed by atoms with Gasteiger partial charge in [0.15, 0.2) is 0 Å². The number of aromatic nitrogens is 2. The Balaban J connectivity index is 2.21. The van der Waals surface area contributed by atoms with Crippen molar-refractivity contribution < 1.29 is 9.32 Å². The summed E-state index contributed by atoms with van der Waals surface area (Å²) in [5.41, 5.74) is 0.825. The molecule has 0 aliphatic heterocycles. The summed E-state index contributed by atoms with van der Waals surface area (Å²) >= 11 is 5.90. The fraction of sp³-hybridized carbons (Fsp3) is 0.500. The van der Waals surface area contributed by atoms with E-state index in [1.807, 2.05) is 26.0 Å². The van der Waals surface area contributed by atoms with Crippen LogP contribution in [0.4, 0.5) is 0 Å². The minimum atomic E-state index is -0.283. The van der Waals surface area contributed by atoms with Gasteiger partial charge in [0.1, 0.15) is 6.04 Å². The van der Waals surface area contributed by atoms with Gasteiger partial charge in [-0.15, -0.1) is 0 Å². The fourth-order valence-corrected chi connectivity index (χ4v) is 2.49. The summed E-state index contributed by atoms with van der Waals surface area (Å²) in [7, 11) is 0. The van der Waals surface area contributed by atoms with Gasteiger partial charge in [0.25, 0.3) is 0 Å². The van der Waals surface area contributed by atoms with Crippen molar-refractivity contribution in [3.05, 3.63) is 35.2 Å². The number of halogens is 1. The molecule has 1 aromatic carbocycles. The monoisotopic (exact) mass is 349 g/mol. The first-order chi connectivity index (χ1) is 11.4. The average Bonchev–Trinajstić information content (AvgIpc) is 3.01. The van der Waals surface area contributed by atoms with Crippen molar-refractivity contribution >= 4 is 17.5 Å². The molecule has 2 atom stereocenters. The van der Waals surface area contributed by atoms with E-state index in [2.05, 4.69) is 29.3 Å². The van der Waals surface area contributed by atoms with Gasteiger partial charge in [-0.2, -0.15) is 4.98 Å². The molecule has 0 unspecified atom stereocenters. The van der Waals surface area contributed by atoms with Gasteiger partial charge < -0.3 is 9.84 Å². The predicted molar refractivity (Wildman–Crippen MR) is 94.5 cm³/mol. The molecule has 1 N–H and O–H groups in total. The van der Waals surface area contributed by atoms with E-state index in [-0.39, 0.29) is 17.9 Å². The second-order valence-electron chi connectivity index (χ2n) is 6.49. The van der Waals surface area contributed by atoms with Gasteiger partial charge >= 0.3 is 0 Å². The predicted octanol–water partition coefficient (Wildman–Crippen LogP) is 4.64. The number of hydrogen-bond acceptors (Lipinski definition) is 4. The standard InChI is InChI=1S/C18H24ClN3O2/c1-5-12(4)16(20-15(23)10-11(2)3)18-21-17(22-24-18)13-6-8-14(19)9-7-13/h6-9,11-12,16H,5,10H2,1-4H3,(H,20,23)/t12-,16+/m0/s1. The molecule has 2 aromatic rings. The van der Waals surface area contributed by atoms with Crippen molar-refractivity contribution in [2.75, 3.05) is 0 Å². The molecule has 0 spiro atoms. The number of rotatable bonds is 7. The van der Waals surface area contributed by atoms with Gasteiger partial charge in [0.05, 0.1) is 0 Å². The molecule has 0 bridgehead atoms. The van der Waals surface area contributed by atoms with Gasteiger partial charge in [0.2, 0.25) is 17.6 Å². The van der Waals surface area contributed by atoms with Crippen molar-refractivity contribution in [1.82, 2.24) is 15.5 Å². The van der Waals surface area contributed by atoms with E-state index < -0.39 is 0 Å². The summed E-state index contributed by atoms with van der Waals surface area (Å²) in [6.07, 6.45) is 1.37. The van der Waals surface area contributed by atoms with Crippen LogP contribution in [0, 0.1) is 11.8 Å². The first-order valence-corrected chi connectivity index (χ1v) is 8.67. The first-order valence-electron chi connectivity index (χ1n) is 8.29. The minimum absolute atomic E-state index is 0.00143. The lowest BCUT2D eigenvalue weighted by atomic mass is 9.98. The molecule has 0 saturated carbocycles. The second-order valence-corrected chi connectivity index (χ2v) is 6.93. The molecule has 0 fully saturated rings. The van der Waals surface area contributed by atoms with E-state index in [4.69, 9.17) is 16.1 Å². The Hall–Kier alpha value is -1.88. The molecule has 24 heavy (non-hydrogen) atoms. The van der Waals surface area contributed by atoms with E-state index in [1.165, 1.54) is 0 Å². The molecular formula is C18H24ClN3O2. The number of carbonyl (C=O) groups is 1. The fourth-order valence-electron chi connectivity index (χ4n) is 2.36. The lowest BCUT2D eigenvalue weighted by Gasteiger charge is -2.21. The summed E-state index contributed by atoms with van der Waals surface area (Å²) in [4.78, 5) is 16.6. The number of benzene rings is 1. The summed E-state index contributed by atoms with van der Waals surface area (Å²) < 4.78 is 5.43. The van der Waals surface area contributed by atoms with Gasteiger partial charge in [-0.1, -0.05) is 50.9 Å². The highest BCUT2D eigenvalue weighted by Gasteiger charge is 2.26. The second kappa shape index (κ2) is 8.29. The van der Waals surface area contributed by atoms with Gasteiger partial charge in [-0.3, -0.25) is 4.79 Å². The van der Waals surface area contributed by atoms with E-state index in [0.717, 1.165) is 12.0 Å². The van der Waals surface area contributed by atoms with E-state index >= 15 is 0 Å². The molecule has 6 heteroatoms. The van der Waals surface area contributed by atoms with Crippen molar-refractivity contribution in [3.63, 3.8) is 0 Å². The summed E-state index contributed by atoms with van der Waals surface area (Å²) in [6, 6.07) is 6.96. The summed E-state index contributed by atoms with van der Waals surface area (Å²) in [5.74, 6) is 1.43. The van der Waals surface area contributed by atoms with Crippen LogP contribution < -0.4 is 5.32 Å². The summed E-state index contributed by atoms with van der Waals surface area (Å²) in [5, 5.41) is 7.73. The molecule has 2 rings (SSSR count). The van der Waals surface area contributed by atoms with Crippen LogP contribution in [0.15, 0.2) is 28.8 Å². The lowest BCUT2D eigenvalue weighted by molar-refractivity contribution is -0.123. The first kappa shape index (κ1) is 18.5. The maximum Gasteiger partial charge on any atom is 0.249 e. The minimum Gasteiger partial charge on any atom is -0.344 e. The molecule has 1 amide bonds. The van der Waals surface area contributed by atoms with Crippen LogP contribution >= 0.6 is 11.6 Å². The highest BCUT2D eigenvalue weighted by Crippen LogP contribution is 2.26. The Morgan fingerprint density at radius 1 is 1.25 bits per heavy atom. The van der Waals surface area contributed by atoms with Crippen molar-refractivity contribution in [3.8, 4) is 11.4 Å².